The summed E-state index contributed by atoms with van der Waals surface area (Å²) in [5.74, 6) is -0.693. The number of aliphatic hydroxyl groups is 13. The summed E-state index contributed by atoms with van der Waals surface area (Å²) in [6, 6.07) is -1.49. The van der Waals surface area contributed by atoms with Crippen LogP contribution in [0.3, 0.4) is 0 Å². The van der Waals surface area contributed by atoms with Crippen LogP contribution in [0, 0.1) is 0 Å². The third-order valence-corrected chi connectivity index (χ3v) is 8.61. The molecule has 4 heterocycles. The standard InChI is InChI=1S/C26H45NO21/c1-6(32)27-11-14(35)12(33)7(2-28)43-24(11)48-22-13(34)8(3-29)44-26(19(22)40)47-21-10(5-31)45-25(18(39)16(21)37)46-20-9(4-30)42-23(41)17(38)15(20)36/h7-26,28-31,33-41H,2-5H2,1H3,(H,27,32)/t7-,8-,9-,10-,11-,12+,13+,14-,15-,16-,17-,18-,19-,20-,21+,22+,23-,24-,25+,26-/m1/s1. The normalized spacial score (nSPS) is 50.2. The Hall–Kier alpha value is -1.33. The van der Waals surface area contributed by atoms with Gasteiger partial charge in [-0.25, -0.2) is 0 Å². The van der Waals surface area contributed by atoms with Gasteiger partial charge in [-0.1, -0.05) is 0 Å². The molecule has 0 unspecified atom stereocenters. The monoisotopic (exact) mass is 707 g/mol. The maximum absolute atomic E-state index is 11.8. The molecule has 0 aliphatic carbocycles. The van der Waals surface area contributed by atoms with Crippen LogP contribution in [0.1, 0.15) is 6.92 Å². The van der Waals surface area contributed by atoms with E-state index in [1.54, 1.807) is 0 Å². The zero-order valence-electron chi connectivity index (χ0n) is 25.5. The minimum Gasteiger partial charge on any atom is -0.394 e. The number of aliphatic hydroxyl groups excluding tert-OH is 13. The summed E-state index contributed by atoms with van der Waals surface area (Å²) < 4.78 is 38.4. The first kappa shape index (κ1) is 39.5. The number of hydrogen-bond donors (Lipinski definition) is 14. The molecule has 0 spiro atoms. The number of ether oxygens (including phenoxy) is 7. The van der Waals surface area contributed by atoms with E-state index in [1.807, 2.05) is 0 Å². The van der Waals surface area contributed by atoms with Crippen molar-refractivity contribution < 1.29 is 104 Å². The summed E-state index contributed by atoms with van der Waals surface area (Å²) >= 11 is 0. The molecule has 0 saturated carbocycles. The zero-order chi connectivity index (χ0) is 35.6. The number of hydrogen-bond acceptors (Lipinski definition) is 21. The first-order valence-electron chi connectivity index (χ1n) is 15.1. The van der Waals surface area contributed by atoms with Gasteiger partial charge in [0.05, 0.1) is 26.4 Å². The highest BCUT2D eigenvalue weighted by molar-refractivity contribution is 5.73. The number of nitrogens with one attached hydrogen (secondary N) is 1. The van der Waals surface area contributed by atoms with E-state index < -0.39 is 155 Å². The van der Waals surface area contributed by atoms with E-state index in [0.29, 0.717) is 0 Å². The largest absolute Gasteiger partial charge is 0.394 e. The quantitative estimate of drug-likeness (QED) is 0.0947. The van der Waals surface area contributed by atoms with Gasteiger partial charge in [-0.2, -0.15) is 0 Å². The Bertz CT molecular complexity index is 1030. The highest BCUT2D eigenvalue weighted by atomic mass is 16.8. The van der Waals surface area contributed by atoms with E-state index in [9.17, 15) is 71.2 Å². The Labute approximate surface area is 272 Å². The summed E-state index contributed by atoms with van der Waals surface area (Å²) in [6.07, 6.45) is -33.5. The molecule has 1 amide bonds. The molecule has 280 valence electrons. The molecule has 48 heavy (non-hydrogen) atoms. The van der Waals surface area contributed by atoms with Gasteiger partial charge in [0.25, 0.3) is 0 Å². The van der Waals surface area contributed by atoms with Crippen LogP contribution >= 0.6 is 0 Å². The lowest BCUT2D eigenvalue weighted by atomic mass is 9.95. The number of carbonyl (C=O) groups is 1. The van der Waals surface area contributed by atoms with Gasteiger partial charge >= 0.3 is 0 Å². The predicted octanol–water partition coefficient (Wildman–Crippen LogP) is -9.61. The maximum Gasteiger partial charge on any atom is 0.217 e. The minimum absolute atomic E-state index is 0.693. The fourth-order valence-corrected chi connectivity index (χ4v) is 5.95. The smallest absolute Gasteiger partial charge is 0.217 e. The van der Waals surface area contributed by atoms with E-state index in [0.717, 1.165) is 6.92 Å². The van der Waals surface area contributed by atoms with Gasteiger partial charge in [0.2, 0.25) is 5.91 Å². The lowest BCUT2D eigenvalue weighted by Gasteiger charge is -2.49. The van der Waals surface area contributed by atoms with Gasteiger partial charge in [-0.15, -0.1) is 0 Å². The van der Waals surface area contributed by atoms with Gasteiger partial charge in [0, 0.05) is 6.92 Å². The zero-order valence-corrected chi connectivity index (χ0v) is 25.5. The average molecular weight is 708 g/mol. The van der Waals surface area contributed by atoms with Gasteiger partial charge in [0.15, 0.2) is 25.2 Å². The van der Waals surface area contributed by atoms with Crippen LogP contribution in [0.2, 0.25) is 0 Å². The fourth-order valence-electron chi connectivity index (χ4n) is 5.95. The minimum atomic E-state index is -2.03. The molecule has 14 N–H and O–H groups in total. The third-order valence-electron chi connectivity index (χ3n) is 8.61. The first-order valence-corrected chi connectivity index (χ1v) is 15.1. The summed E-state index contributed by atoms with van der Waals surface area (Å²) in [7, 11) is 0. The van der Waals surface area contributed by atoms with Crippen LogP contribution in [-0.4, -0.2) is 221 Å². The molecule has 20 atom stereocenters. The average Bonchev–Trinajstić information content (AvgIpc) is 3.06. The maximum atomic E-state index is 11.8. The van der Waals surface area contributed by atoms with Crippen LogP contribution in [-0.2, 0) is 38.0 Å². The molecule has 0 aromatic carbocycles. The fraction of sp³-hybridized carbons (Fsp3) is 0.962. The Morgan fingerprint density at radius 2 is 0.938 bits per heavy atom. The molecule has 4 fully saturated rings. The van der Waals surface area contributed by atoms with Gasteiger partial charge in [0.1, 0.15) is 97.6 Å². The van der Waals surface area contributed by atoms with Crippen LogP contribution in [0.25, 0.3) is 0 Å². The van der Waals surface area contributed by atoms with Gasteiger partial charge in [-0.3, -0.25) is 4.79 Å². The summed E-state index contributed by atoms with van der Waals surface area (Å²) in [4.78, 5) is 11.8. The van der Waals surface area contributed by atoms with Gasteiger partial charge < -0.3 is 105 Å². The molecule has 4 rings (SSSR count). The second kappa shape index (κ2) is 16.8. The molecule has 4 aliphatic rings. The molecule has 22 nitrogen and oxygen atoms in total. The molecule has 0 aromatic heterocycles. The molecule has 4 aliphatic heterocycles. The van der Waals surface area contributed by atoms with E-state index in [-0.39, 0.29) is 0 Å². The molecule has 0 radical (unpaired) electrons. The second-order valence-corrected chi connectivity index (χ2v) is 11.9. The third kappa shape index (κ3) is 8.08. The van der Waals surface area contributed by atoms with Crippen molar-refractivity contribution >= 4 is 5.91 Å². The predicted molar refractivity (Wildman–Crippen MR) is 145 cm³/mol. The Morgan fingerprint density at radius 1 is 0.500 bits per heavy atom. The first-order chi connectivity index (χ1) is 22.7. The lowest BCUT2D eigenvalue weighted by Crippen LogP contribution is -2.69. The Morgan fingerprint density at radius 3 is 1.48 bits per heavy atom. The number of amides is 1. The molecule has 0 bridgehead atoms. The van der Waals surface area contributed by atoms with Crippen LogP contribution in [0.15, 0.2) is 0 Å². The summed E-state index contributed by atoms with van der Waals surface area (Å²) in [6.45, 7) is -2.35. The van der Waals surface area contributed by atoms with Crippen molar-refractivity contribution in [2.24, 2.45) is 0 Å². The second-order valence-electron chi connectivity index (χ2n) is 11.9. The number of rotatable bonds is 11. The highest BCUT2D eigenvalue weighted by Crippen LogP contribution is 2.34. The van der Waals surface area contributed by atoms with E-state index in [2.05, 4.69) is 5.32 Å². The van der Waals surface area contributed by atoms with Crippen molar-refractivity contribution in [3.05, 3.63) is 0 Å². The topological polar surface area (TPSA) is 357 Å². The van der Waals surface area contributed by atoms with E-state index in [1.165, 1.54) is 0 Å². The highest BCUT2D eigenvalue weighted by Gasteiger charge is 2.55. The van der Waals surface area contributed by atoms with Crippen LogP contribution < -0.4 is 5.32 Å². The molecular formula is C26H45NO21. The SMILES string of the molecule is CC(=O)N[C@H]1[C@@H](O[C@H]2[C@@H](O)[C@@H](CO)O[C@H](O[C@@H]3[C@H](O)[C@@H](O)[C@H](O[C@H]4[C@H](O)[C@@H](O)[C@H](O)O[C@@H]4CO)O[C@@H]3CO)[C@@H]2O)O[C@H](CO)[C@H](O)[C@@H]1O. The van der Waals surface area contributed by atoms with Crippen LogP contribution in [0.4, 0.5) is 0 Å². The van der Waals surface area contributed by atoms with E-state index >= 15 is 0 Å². The van der Waals surface area contributed by atoms with E-state index in [4.69, 9.17) is 33.2 Å². The lowest BCUT2D eigenvalue weighted by molar-refractivity contribution is -0.385. The van der Waals surface area contributed by atoms with Crippen molar-refractivity contribution in [1.82, 2.24) is 5.32 Å². The van der Waals surface area contributed by atoms with Crippen LogP contribution in [0.5, 0.6) is 0 Å². The summed E-state index contributed by atoms with van der Waals surface area (Å²) in [5, 5.41) is 136. The van der Waals surface area contributed by atoms with Crippen molar-refractivity contribution in [2.75, 3.05) is 26.4 Å². The number of carbonyl (C=O) groups excluding carboxylic acids is 1. The molecule has 22 heteroatoms. The molecule has 4 saturated heterocycles. The Kier molecular flexibility index (Phi) is 13.8. The van der Waals surface area contributed by atoms with Crippen molar-refractivity contribution in [2.45, 2.75) is 130 Å². The summed E-state index contributed by atoms with van der Waals surface area (Å²) in [5.41, 5.74) is 0. The molecular weight excluding hydrogens is 662 g/mol. The Balaban J connectivity index is 1.51. The molecule has 0 aromatic rings. The van der Waals surface area contributed by atoms with Crippen molar-refractivity contribution in [3.63, 3.8) is 0 Å². The van der Waals surface area contributed by atoms with Gasteiger partial charge in [-0.05, 0) is 0 Å². The van der Waals surface area contributed by atoms with Crippen molar-refractivity contribution in [3.8, 4) is 0 Å². The van der Waals surface area contributed by atoms with Crippen molar-refractivity contribution in [1.29, 1.82) is 0 Å².